The number of aliphatic hydroxyl groups is 4. The third-order valence-corrected chi connectivity index (χ3v) is 5.82. The number of ether oxygens (including phenoxy) is 2. The summed E-state index contributed by atoms with van der Waals surface area (Å²) in [6, 6.07) is 12.3. The number of rotatable bonds is 7. The van der Waals surface area contributed by atoms with Crippen molar-refractivity contribution in [2.45, 2.75) is 44.1 Å². The number of hydrogen-bond donors (Lipinski definition) is 6. The van der Waals surface area contributed by atoms with E-state index in [1.54, 1.807) is 44.3 Å². The average molecular weight is 475 g/mol. The van der Waals surface area contributed by atoms with Gasteiger partial charge in [-0.05, 0) is 47.9 Å². The predicted molar refractivity (Wildman–Crippen MR) is 122 cm³/mol. The minimum absolute atomic E-state index is 0.203. The molecule has 3 rings (SSSR count). The van der Waals surface area contributed by atoms with Gasteiger partial charge in [-0.1, -0.05) is 18.2 Å². The molecular formula is C24H30N2O8. The standard InChI is InChI=1S/C24H30N2O8/c1-13-9-16(15-5-4-6-17(10-15)22(31)25-3)7-8-18(13)33-23-24(32,12-26-14(2)28)21(30)20(29)19(11-27)34-23/h4-10,19-21,23,27,29-30,32H,11-12H2,1-3H3,(H,25,31)(H,26,28)/t19-,20-,21+,23+,24+/m1/s1. The molecule has 1 heterocycles. The van der Waals surface area contributed by atoms with Crippen LogP contribution in [0.25, 0.3) is 11.1 Å². The molecule has 10 nitrogen and oxygen atoms in total. The fourth-order valence-corrected chi connectivity index (χ4v) is 3.79. The third-order valence-electron chi connectivity index (χ3n) is 5.82. The molecule has 0 radical (unpaired) electrons. The molecule has 1 aliphatic rings. The largest absolute Gasteiger partial charge is 0.461 e. The summed E-state index contributed by atoms with van der Waals surface area (Å²) in [5.41, 5.74) is 0.612. The van der Waals surface area contributed by atoms with E-state index >= 15 is 0 Å². The van der Waals surface area contributed by atoms with Crippen LogP contribution < -0.4 is 15.4 Å². The Kier molecular flexibility index (Phi) is 7.90. The van der Waals surface area contributed by atoms with Gasteiger partial charge in [0.1, 0.15) is 24.1 Å². The van der Waals surface area contributed by atoms with E-state index in [1.807, 2.05) is 12.1 Å². The van der Waals surface area contributed by atoms with Crippen molar-refractivity contribution in [3.8, 4) is 16.9 Å². The number of amides is 2. The second-order valence-electron chi connectivity index (χ2n) is 8.28. The Morgan fingerprint density at radius 2 is 1.85 bits per heavy atom. The molecule has 0 aliphatic carbocycles. The summed E-state index contributed by atoms with van der Waals surface area (Å²) in [7, 11) is 1.56. The maximum absolute atomic E-state index is 11.9. The van der Waals surface area contributed by atoms with Gasteiger partial charge < -0.3 is 40.5 Å². The summed E-state index contributed by atoms with van der Waals surface area (Å²) in [6.07, 6.45) is -6.07. The summed E-state index contributed by atoms with van der Waals surface area (Å²) in [4.78, 5) is 23.3. The first-order chi connectivity index (χ1) is 16.1. The van der Waals surface area contributed by atoms with Gasteiger partial charge in [-0.3, -0.25) is 9.59 Å². The Hall–Kier alpha value is -3.02. The second-order valence-corrected chi connectivity index (χ2v) is 8.28. The summed E-state index contributed by atoms with van der Waals surface area (Å²) in [6.45, 7) is 1.94. The van der Waals surface area contributed by atoms with Crippen LogP contribution in [0.15, 0.2) is 42.5 Å². The van der Waals surface area contributed by atoms with Crippen LogP contribution >= 0.6 is 0 Å². The fourth-order valence-electron chi connectivity index (χ4n) is 3.79. The molecule has 6 N–H and O–H groups in total. The predicted octanol–water partition coefficient (Wildman–Crippen LogP) is -0.293. The molecule has 2 aromatic rings. The van der Waals surface area contributed by atoms with E-state index in [1.165, 1.54) is 6.92 Å². The van der Waals surface area contributed by atoms with Crippen LogP contribution in [-0.4, -0.2) is 82.6 Å². The minimum Gasteiger partial charge on any atom is -0.461 e. The summed E-state index contributed by atoms with van der Waals surface area (Å²) in [5, 5.41) is 46.4. The van der Waals surface area contributed by atoms with Gasteiger partial charge in [0.25, 0.3) is 5.91 Å². The van der Waals surface area contributed by atoms with Gasteiger partial charge in [-0.25, -0.2) is 0 Å². The average Bonchev–Trinajstić information content (AvgIpc) is 2.83. The van der Waals surface area contributed by atoms with Crippen molar-refractivity contribution in [2.75, 3.05) is 20.2 Å². The van der Waals surface area contributed by atoms with E-state index < -0.39 is 49.3 Å². The molecule has 1 aliphatic heterocycles. The smallest absolute Gasteiger partial charge is 0.251 e. The molecule has 184 valence electrons. The Balaban J connectivity index is 1.89. The monoisotopic (exact) mass is 474 g/mol. The lowest BCUT2D eigenvalue weighted by Crippen LogP contribution is -2.71. The van der Waals surface area contributed by atoms with Crippen molar-refractivity contribution in [2.24, 2.45) is 0 Å². The lowest BCUT2D eigenvalue weighted by molar-refractivity contribution is -0.318. The SMILES string of the molecule is CNC(=O)c1cccc(-c2ccc(O[C@H]3O[C@H](CO)[C@@H](O)[C@H](O)[C@@]3(O)CNC(C)=O)c(C)c2)c1. The fraction of sp³-hybridized carbons (Fsp3) is 0.417. The van der Waals surface area contributed by atoms with Crippen LogP contribution in [0.5, 0.6) is 5.75 Å². The molecule has 0 saturated carbocycles. The number of carbonyl (C=O) groups excluding carboxylic acids is 2. The van der Waals surface area contributed by atoms with Gasteiger partial charge in [0.05, 0.1) is 13.2 Å². The zero-order valence-electron chi connectivity index (χ0n) is 19.2. The van der Waals surface area contributed by atoms with Crippen LogP contribution in [-0.2, 0) is 9.53 Å². The van der Waals surface area contributed by atoms with Gasteiger partial charge in [-0.15, -0.1) is 0 Å². The zero-order valence-corrected chi connectivity index (χ0v) is 19.2. The Bertz CT molecular complexity index is 1050. The Morgan fingerprint density at radius 1 is 1.15 bits per heavy atom. The number of nitrogens with one attached hydrogen (secondary N) is 2. The Labute approximate surface area is 197 Å². The van der Waals surface area contributed by atoms with Gasteiger partial charge in [0.2, 0.25) is 12.2 Å². The zero-order chi connectivity index (χ0) is 25.0. The summed E-state index contributed by atoms with van der Waals surface area (Å²) in [5.74, 6) is -0.346. The van der Waals surface area contributed by atoms with E-state index in [9.17, 15) is 30.0 Å². The first-order valence-electron chi connectivity index (χ1n) is 10.8. The van der Waals surface area contributed by atoms with Crippen LogP contribution in [0.4, 0.5) is 0 Å². The number of aryl methyl sites for hydroxylation is 1. The van der Waals surface area contributed by atoms with E-state index in [-0.39, 0.29) is 5.91 Å². The highest BCUT2D eigenvalue weighted by molar-refractivity contribution is 5.95. The van der Waals surface area contributed by atoms with Crippen molar-refractivity contribution >= 4 is 11.8 Å². The summed E-state index contributed by atoms with van der Waals surface area (Å²) < 4.78 is 11.5. The van der Waals surface area contributed by atoms with Crippen LogP contribution in [0.3, 0.4) is 0 Å². The van der Waals surface area contributed by atoms with Crippen LogP contribution in [0.1, 0.15) is 22.8 Å². The number of benzene rings is 2. The van der Waals surface area contributed by atoms with Crippen molar-refractivity contribution in [1.82, 2.24) is 10.6 Å². The van der Waals surface area contributed by atoms with E-state index in [0.717, 1.165) is 11.1 Å². The number of hydrogen-bond acceptors (Lipinski definition) is 8. The van der Waals surface area contributed by atoms with Gasteiger partial charge in [0.15, 0.2) is 5.60 Å². The van der Waals surface area contributed by atoms with Crippen molar-refractivity contribution < 1.29 is 39.5 Å². The molecule has 2 amide bonds. The van der Waals surface area contributed by atoms with Crippen molar-refractivity contribution in [3.63, 3.8) is 0 Å². The number of aliphatic hydroxyl groups excluding tert-OH is 3. The van der Waals surface area contributed by atoms with Gasteiger partial charge >= 0.3 is 0 Å². The maximum atomic E-state index is 11.9. The molecule has 0 bridgehead atoms. The van der Waals surface area contributed by atoms with Gasteiger partial charge in [-0.2, -0.15) is 0 Å². The quantitative estimate of drug-likeness (QED) is 0.319. The molecular weight excluding hydrogens is 444 g/mol. The second kappa shape index (κ2) is 10.5. The molecule has 2 aromatic carbocycles. The minimum atomic E-state index is -2.19. The van der Waals surface area contributed by atoms with E-state index in [0.29, 0.717) is 16.9 Å². The van der Waals surface area contributed by atoms with E-state index in [4.69, 9.17) is 9.47 Å². The van der Waals surface area contributed by atoms with Crippen LogP contribution in [0.2, 0.25) is 0 Å². The van der Waals surface area contributed by atoms with Crippen molar-refractivity contribution in [1.29, 1.82) is 0 Å². The van der Waals surface area contributed by atoms with E-state index in [2.05, 4.69) is 10.6 Å². The first-order valence-corrected chi connectivity index (χ1v) is 10.8. The molecule has 0 aromatic heterocycles. The molecule has 1 fully saturated rings. The number of carbonyl (C=O) groups is 2. The van der Waals surface area contributed by atoms with Crippen LogP contribution in [0, 0.1) is 6.92 Å². The molecule has 1 saturated heterocycles. The molecule has 5 atom stereocenters. The third kappa shape index (κ3) is 5.21. The van der Waals surface area contributed by atoms with Crippen molar-refractivity contribution in [3.05, 3.63) is 53.6 Å². The lowest BCUT2D eigenvalue weighted by Gasteiger charge is -2.47. The topological polar surface area (TPSA) is 158 Å². The maximum Gasteiger partial charge on any atom is 0.251 e. The van der Waals surface area contributed by atoms with Gasteiger partial charge in [0, 0.05) is 19.5 Å². The highest BCUT2D eigenvalue weighted by Gasteiger charge is 2.56. The molecule has 34 heavy (non-hydrogen) atoms. The Morgan fingerprint density at radius 3 is 2.47 bits per heavy atom. The molecule has 0 spiro atoms. The first kappa shape index (κ1) is 25.6. The normalized spacial score (nSPS) is 26.6. The highest BCUT2D eigenvalue weighted by Crippen LogP contribution is 2.34. The highest BCUT2D eigenvalue weighted by atomic mass is 16.7. The molecule has 10 heteroatoms. The lowest BCUT2D eigenvalue weighted by atomic mass is 9.86. The molecule has 0 unspecified atom stereocenters. The summed E-state index contributed by atoms with van der Waals surface area (Å²) >= 11 is 0.